The highest BCUT2D eigenvalue weighted by Gasteiger charge is 2.12. The van der Waals surface area contributed by atoms with Gasteiger partial charge in [0.1, 0.15) is 12.0 Å². The van der Waals surface area contributed by atoms with Crippen molar-refractivity contribution >= 4 is 17.5 Å². The summed E-state index contributed by atoms with van der Waals surface area (Å²) in [5.74, 6) is 0. The molecule has 0 amide bonds. The first-order valence-corrected chi connectivity index (χ1v) is 6.05. The average molecular weight is 229 g/mol. The van der Waals surface area contributed by atoms with Gasteiger partial charge in [-0.05, 0) is 31.4 Å². The van der Waals surface area contributed by atoms with E-state index in [0.717, 1.165) is 24.9 Å². The fourth-order valence-corrected chi connectivity index (χ4v) is 2.44. The number of carbonyl (C=O) groups is 1. The van der Waals surface area contributed by atoms with E-state index in [1.807, 2.05) is 10.6 Å². The molecule has 0 aliphatic carbocycles. The molecule has 4 nitrogen and oxygen atoms in total. The molecule has 3 heterocycles. The lowest BCUT2D eigenvalue weighted by atomic mass is 10.1. The van der Waals surface area contributed by atoms with Crippen LogP contribution in [0, 0.1) is 0 Å². The van der Waals surface area contributed by atoms with Crippen LogP contribution in [0.3, 0.4) is 0 Å². The highest BCUT2D eigenvalue weighted by molar-refractivity contribution is 5.84. The minimum atomic E-state index is 0.517. The quantitative estimate of drug-likeness (QED) is 0.740. The lowest BCUT2D eigenvalue weighted by Crippen LogP contribution is -2.29. The van der Waals surface area contributed by atoms with Crippen molar-refractivity contribution in [3.63, 3.8) is 0 Å². The molecule has 1 aliphatic rings. The molecule has 1 fully saturated rings. The summed E-state index contributed by atoms with van der Waals surface area (Å²) >= 11 is 0. The molecule has 2 aromatic rings. The fraction of sp³-hybridized carbons (Fsp3) is 0.385. The summed E-state index contributed by atoms with van der Waals surface area (Å²) in [6.45, 7) is 2.22. The summed E-state index contributed by atoms with van der Waals surface area (Å²) < 4.78 is 1.89. The molecule has 88 valence electrons. The van der Waals surface area contributed by atoms with Gasteiger partial charge in [-0.2, -0.15) is 0 Å². The number of rotatable bonds is 2. The minimum Gasteiger partial charge on any atom is -0.371 e. The molecule has 0 unspecified atom stereocenters. The highest BCUT2D eigenvalue weighted by Crippen LogP contribution is 2.22. The zero-order valence-electron chi connectivity index (χ0n) is 9.67. The predicted molar refractivity (Wildman–Crippen MR) is 66.6 cm³/mol. The first-order valence-electron chi connectivity index (χ1n) is 6.05. The zero-order chi connectivity index (χ0) is 11.7. The van der Waals surface area contributed by atoms with Crippen LogP contribution in [0.1, 0.15) is 29.8 Å². The van der Waals surface area contributed by atoms with Crippen molar-refractivity contribution in [2.45, 2.75) is 19.3 Å². The van der Waals surface area contributed by atoms with Gasteiger partial charge in [-0.25, -0.2) is 4.98 Å². The number of aromatic nitrogens is 2. The largest absolute Gasteiger partial charge is 0.371 e. The molecule has 0 bridgehead atoms. The van der Waals surface area contributed by atoms with Crippen LogP contribution in [0.2, 0.25) is 0 Å². The molecule has 0 radical (unpaired) electrons. The number of hydrogen-bond donors (Lipinski definition) is 0. The summed E-state index contributed by atoms with van der Waals surface area (Å²) in [5, 5.41) is 0. The van der Waals surface area contributed by atoms with E-state index in [4.69, 9.17) is 0 Å². The second-order valence-electron chi connectivity index (χ2n) is 4.47. The van der Waals surface area contributed by atoms with Gasteiger partial charge in [0, 0.05) is 25.0 Å². The van der Waals surface area contributed by atoms with Gasteiger partial charge in [0.05, 0.1) is 5.52 Å². The zero-order valence-corrected chi connectivity index (χ0v) is 9.67. The third kappa shape index (κ3) is 1.79. The van der Waals surface area contributed by atoms with Crippen LogP contribution in [0.5, 0.6) is 0 Å². The molecule has 1 aliphatic heterocycles. The van der Waals surface area contributed by atoms with E-state index in [9.17, 15) is 4.79 Å². The van der Waals surface area contributed by atoms with Crippen LogP contribution in [0.4, 0.5) is 5.69 Å². The van der Waals surface area contributed by atoms with Gasteiger partial charge in [0.15, 0.2) is 6.29 Å². The second-order valence-corrected chi connectivity index (χ2v) is 4.47. The molecule has 17 heavy (non-hydrogen) atoms. The smallest absolute Gasteiger partial charge is 0.170 e. The molecule has 0 saturated carbocycles. The number of piperidine rings is 1. The Balaban J connectivity index is 2.01. The summed E-state index contributed by atoms with van der Waals surface area (Å²) in [6.07, 6.45) is 8.30. The first kappa shape index (κ1) is 10.3. The van der Waals surface area contributed by atoms with E-state index < -0.39 is 0 Å². The molecule has 1 saturated heterocycles. The standard InChI is InChI=1S/C13H15N3O/c17-9-12-13-8-11(4-7-16(13)10-14-12)15-5-2-1-3-6-15/h4,7-10H,1-3,5-6H2. The number of fused-ring (bicyclic) bond motifs is 1. The van der Waals surface area contributed by atoms with Crippen LogP contribution in [0.25, 0.3) is 5.52 Å². The van der Waals surface area contributed by atoms with Crippen molar-refractivity contribution in [3.8, 4) is 0 Å². The molecule has 0 atom stereocenters. The van der Waals surface area contributed by atoms with E-state index in [1.165, 1.54) is 24.9 Å². The number of nitrogens with zero attached hydrogens (tertiary/aromatic N) is 3. The number of anilines is 1. The van der Waals surface area contributed by atoms with Crippen LogP contribution in [-0.2, 0) is 0 Å². The molecule has 4 heteroatoms. The molecule has 0 spiro atoms. The Morgan fingerprint density at radius 3 is 2.82 bits per heavy atom. The van der Waals surface area contributed by atoms with Crippen LogP contribution >= 0.6 is 0 Å². The van der Waals surface area contributed by atoms with Crippen molar-refractivity contribution in [3.05, 3.63) is 30.4 Å². The molecular weight excluding hydrogens is 214 g/mol. The fourth-order valence-electron chi connectivity index (χ4n) is 2.44. The maximum atomic E-state index is 10.9. The molecule has 0 N–H and O–H groups in total. The van der Waals surface area contributed by atoms with Crippen molar-refractivity contribution < 1.29 is 4.79 Å². The van der Waals surface area contributed by atoms with Gasteiger partial charge < -0.3 is 9.30 Å². The van der Waals surface area contributed by atoms with E-state index >= 15 is 0 Å². The molecular formula is C13H15N3O. The highest BCUT2D eigenvalue weighted by atomic mass is 16.1. The second kappa shape index (κ2) is 4.20. The van der Waals surface area contributed by atoms with E-state index in [1.54, 1.807) is 6.33 Å². The monoisotopic (exact) mass is 229 g/mol. The van der Waals surface area contributed by atoms with Crippen LogP contribution < -0.4 is 4.90 Å². The van der Waals surface area contributed by atoms with Gasteiger partial charge in [0.2, 0.25) is 0 Å². The molecule has 0 aromatic carbocycles. The number of carbonyl (C=O) groups excluding carboxylic acids is 1. The van der Waals surface area contributed by atoms with E-state index in [-0.39, 0.29) is 0 Å². The van der Waals surface area contributed by atoms with Crippen LogP contribution in [0.15, 0.2) is 24.7 Å². The van der Waals surface area contributed by atoms with Crippen molar-refractivity contribution in [1.82, 2.24) is 9.38 Å². The third-order valence-electron chi connectivity index (χ3n) is 3.39. The maximum Gasteiger partial charge on any atom is 0.170 e. The lowest BCUT2D eigenvalue weighted by molar-refractivity contribution is 0.112. The van der Waals surface area contributed by atoms with Crippen molar-refractivity contribution in [2.24, 2.45) is 0 Å². The number of hydrogen-bond acceptors (Lipinski definition) is 3. The summed E-state index contributed by atoms with van der Waals surface area (Å²) in [5.41, 5.74) is 2.60. The van der Waals surface area contributed by atoms with Crippen molar-refractivity contribution in [1.29, 1.82) is 0 Å². The maximum absolute atomic E-state index is 10.9. The van der Waals surface area contributed by atoms with Gasteiger partial charge in [-0.1, -0.05) is 0 Å². The van der Waals surface area contributed by atoms with Crippen LogP contribution in [-0.4, -0.2) is 28.8 Å². The van der Waals surface area contributed by atoms with Gasteiger partial charge in [-0.3, -0.25) is 4.79 Å². The van der Waals surface area contributed by atoms with E-state index in [2.05, 4.69) is 22.0 Å². The Kier molecular flexibility index (Phi) is 2.55. The summed E-state index contributed by atoms with van der Waals surface area (Å²) in [4.78, 5) is 17.3. The average Bonchev–Trinajstić information content (AvgIpc) is 2.81. The number of pyridine rings is 1. The third-order valence-corrected chi connectivity index (χ3v) is 3.39. The Hall–Kier alpha value is -1.84. The lowest BCUT2D eigenvalue weighted by Gasteiger charge is -2.28. The van der Waals surface area contributed by atoms with Crippen molar-refractivity contribution in [2.75, 3.05) is 18.0 Å². The predicted octanol–water partition coefficient (Wildman–Crippen LogP) is 2.14. The van der Waals surface area contributed by atoms with Gasteiger partial charge in [0.25, 0.3) is 0 Å². The first-order chi connectivity index (χ1) is 8.38. The molecule has 3 rings (SSSR count). The number of imidazole rings is 1. The van der Waals surface area contributed by atoms with Gasteiger partial charge >= 0.3 is 0 Å². The minimum absolute atomic E-state index is 0.517. The Labute approximate surface area is 99.9 Å². The number of aldehydes is 1. The Morgan fingerprint density at radius 2 is 2.06 bits per heavy atom. The topological polar surface area (TPSA) is 37.6 Å². The van der Waals surface area contributed by atoms with E-state index in [0.29, 0.717) is 5.69 Å². The molecule has 2 aromatic heterocycles. The summed E-state index contributed by atoms with van der Waals surface area (Å²) in [6, 6.07) is 4.15. The van der Waals surface area contributed by atoms with Gasteiger partial charge in [-0.15, -0.1) is 0 Å². The Bertz CT molecular complexity index is 541. The normalized spacial score (nSPS) is 16.4. The SMILES string of the molecule is O=Cc1ncn2ccc(N3CCCCC3)cc12. The summed E-state index contributed by atoms with van der Waals surface area (Å²) in [7, 11) is 0. The Morgan fingerprint density at radius 1 is 1.24 bits per heavy atom.